The monoisotopic (exact) mass is 531 g/mol. The molecule has 198 valence electrons. The molecule has 4 aliphatic rings. The summed E-state index contributed by atoms with van der Waals surface area (Å²) < 4.78 is 0.754. The van der Waals surface area contributed by atoms with Gasteiger partial charge in [-0.15, -0.1) is 11.3 Å². The van der Waals surface area contributed by atoms with Crippen LogP contribution >= 0.6 is 22.9 Å². The van der Waals surface area contributed by atoms with E-state index in [4.69, 9.17) is 11.6 Å². The Bertz CT molecular complexity index is 1040. The standard InChI is InChI=1S/C30H42ClNO3S/c1-5-23(25-8-9-26(31)36-25)32-27(35)14-17(2)20-6-7-21-28-22(11-13-30(20,21)4)29(3)12-10-19(33)15-18(29)16-24(28)34/h8-9,17-18,20-23,28H,5-7,10-16H2,1-4H3,(H,32,35)/t17-,18+,20?,21+,22+,23-,28+,29+,30-/m1/s1. The van der Waals surface area contributed by atoms with Gasteiger partial charge in [-0.2, -0.15) is 0 Å². The van der Waals surface area contributed by atoms with Crippen LogP contribution in [-0.2, 0) is 14.4 Å². The van der Waals surface area contributed by atoms with Crippen molar-refractivity contribution in [3.05, 3.63) is 21.3 Å². The molecule has 4 nitrogen and oxygen atoms in total. The molecule has 0 aromatic carbocycles. The second-order valence-electron chi connectivity index (χ2n) is 12.9. The van der Waals surface area contributed by atoms with Gasteiger partial charge in [0.2, 0.25) is 5.91 Å². The van der Waals surface area contributed by atoms with E-state index in [9.17, 15) is 14.4 Å². The van der Waals surface area contributed by atoms with Crippen molar-refractivity contribution in [2.75, 3.05) is 0 Å². The first-order valence-electron chi connectivity index (χ1n) is 14.2. The summed E-state index contributed by atoms with van der Waals surface area (Å²) in [5.41, 5.74) is 0.257. The van der Waals surface area contributed by atoms with Gasteiger partial charge in [-0.3, -0.25) is 14.4 Å². The molecule has 4 saturated carbocycles. The average Bonchev–Trinajstić information content (AvgIpc) is 3.41. The third kappa shape index (κ3) is 4.40. The minimum atomic E-state index is 0.0143. The molecule has 1 heterocycles. The Hall–Kier alpha value is -1.20. The molecule has 4 aliphatic carbocycles. The third-order valence-corrected chi connectivity index (χ3v) is 12.6. The van der Waals surface area contributed by atoms with E-state index in [0.29, 0.717) is 55.0 Å². The number of fused-ring (bicyclic) bond motifs is 5. The molecule has 0 spiro atoms. The van der Waals surface area contributed by atoms with Gasteiger partial charge in [0, 0.05) is 36.5 Å². The smallest absolute Gasteiger partial charge is 0.220 e. The fourth-order valence-electron chi connectivity index (χ4n) is 9.28. The second kappa shape index (κ2) is 9.84. The molecule has 1 N–H and O–H groups in total. The van der Waals surface area contributed by atoms with E-state index < -0.39 is 0 Å². The molecule has 36 heavy (non-hydrogen) atoms. The van der Waals surface area contributed by atoms with Crippen molar-refractivity contribution in [3.63, 3.8) is 0 Å². The van der Waals surface area contributed by atoms with Gasteiger partial charge in [-0.25, -0.2) is 0 Å². The first kappa shape index (κ1) is 26.4. The minimum Gasteiger partial charge on any atom is -0.348 e. The fraction of sp³-hybridized carbons (Fsp3) is 0.767. The molecule has 9 atom stereocenters. The highest BCUT2D eigenvalue weighted by Gasteiger charge is 2.63. The van der Waals surface area contributed by atoms with Crippen molar-refractivity contribution in [1.29, 1.82) is 0 Å². The lowest BCUT2D eigenvalue weighted by atomic mass is 9.44. The van der Waals surface area contributed by atoms with E-state index >= 15 is 0 Å². The zero-order valence-electron chi connectivity index (χ0n) is 22.3. The van der Waals surface area contributed by atoms with E-state index in [2.05, 4.69) is 33.0 Å². The molecule has 5 rings (SSSR count). The number of halogens is 1. The minimum absolute atomic E-state index is 0.0143. The maximum Gasteiger partial charge on any atom is 0.220 e. The van der Waals surface area contributed by atoms with Gasteiger partial charge in [0.1, 0.15) is 11.6 Å². The van der Waals surface area contributed by atoms with Crippen molar-refractivity contribution in [1.82, 2.24) is 5.32 Å². The normalized spacial score (nSPS) is 39.6. The third-order valence-electron chi connectivity index (χ3n) is 11.2. The predicted octanol–water partition coefficient (Wildman–Crippen LogP) is 7.40. The summed E-state index contributed by atoms with van der Waals surface area (Å²) in [6.07, 6.45) is 8.69. The lowest BCUT2D eigenvalue weighted by Gasteiger charge is -2.59. The maximum absolute atomic E-state index is 13.6. The van der Waals surface area contributed by atoms with Crippen molar-refractivity contribution in [2.45, 2.75) is 97.9 Å². The van der Waals surface area contributed by atoms with E-state index in [0.717, 1.165) is 47.7 Å². The van der Waals surface area contributed by atoms with E-state index in [1.54, 1.807) is 0 Å². The van der Waals surface area contributed by atoms with Gasteiger partial charge in [0.25, 0.3) is 0 Å². The van der Waals surface area contributed by atoms with Crippen LogP contribution < -0.4 is 5.32 Å². The van der Waals surface area contributed by atoms with Crippen LogP contribution in [0.5, 0.6) is 0 Å². The molecule has 0 saturated heterocycles. The lowest BCUT2D eigenvalue weighted by molar-refractivity contribution is -0.159. The number of ketones is 2. The Morgan fingerprint density at radius 1 is 1.11 bits per heavy atom. The van der Waals surface area contributed by atoms with Crippen LogP contribution in [-0.4, -0.2) is 17.5 Å². The van der Waals surface area contributed by atoms with Crippen LogP contribution in [0, 0.1) is 46.3 Å². The predicted molar refractivity (Wildman–Crippen MR) is 145 cm³/mol. The molecule has 0 bridgehead atoms. The van der Waals surface area contributed by atoms with Crippen LogP contribution in [0.1, 0.15) is 103 Å². The number of amides is 1. The highest BCUT2D eigenvalue weighted by molar-refractivity contribution is 7.16. The fourth-order valence-corrected chi connectivity index (χ4v) is 10.5. The maximum atomic E-state index is 13.6. The van der Waals surface area contributed by atoms with Gasteiger partial charge < -0.3 is 5.32 Å². The van der Waals surface area contributed by atoms with Crippen molar-refractivity contribution < 1.29 is 14.4 Å². The highest BCUT2D eigenvalue weighted by Crippen LogP contribution is 2.67. The zero-order valence-corrected chi connectivity index (χ0v) is 23.9. The number of hydrogen-bond acceptors (Lipinski definition) is 4. The van der Waals surface area contributed by atoms with Gasteiger partial charge >= 0.3 is 0 Å². The Kier molecular flexibility index (Phi) is 7.22. The number of Topliss-reactive ketones (excluding diaryl/α,β-unsaturated/α-hetero) is 2. The Balaban J connectivity index is 1.28. The number of carbonyl (C=O) groups excluding carboxylic acids is 3. The van der Waals surface area contributed by atoms with E-state index in [1.807, 2.05) is 12.1 Å². The molecule has 1 amide bonds. The molecule has 1 unspecified atom stereocenters. The zero-order chi connectivity index (χ0) is 25.8. The first-order valence-corrected chi connectivity index (χ1v) is 15.3. The second-order valence-corrected chi connectivity index (χ2v) is 14.7. The van der Waals surface area contributed by atoms with Crippen molar-refractivity contribution >= 4 is 40.4 Å². The number of nitrogens with one attached hydrogen (secondary N) is 1. The summed E-state index contributed by atoms with van der Waals surface area (Å²) in [6.45, 7) is 9.16. The summed E-state index contributed by atoms with van der Waals surface area (Å²) in [5.74, 6) is 2.91. The SMILES string of the molecule is CC[C@@H](NC(=O)C[C@@H](C)C1CC[C@H]2[C@@H]3C(=O)C[C@@H]4CC(=O)CC[C@]4(C)[C@H]3CC[C@]12C)c1ccc(Cl)s1. The summed E-state index contributed by atoms with van der Waals surface area (Å²) in [4.78, 5) is 40.0. The Labute approximate surface area is 225 Å². The summed E-state index contributed by atoms with van der Waals surface area (Å²) in [6, 6.07) is 3.93. The highest BCUT2D eigenvalue weighted by atomic mass is 35.5. The molecule has 0 radical (unpaired) electrons. The summed E-state index contributed by atoms with van der Waals surface area (Å²) >= 11 is 7.67. The molecule has 1 aromatic rings. The van der Waals surface area contributed by atoms with Crippen LogP contribution in [0.2, 0.25) is 4.34 Å². The molecule has 1 aromatic heterocycles. The number of thiophene rings is 1. The van der Waals surface area contributed by atoms with Crippen LogP contribution in [0.4, 0.5) is 0 Å². The number of carbonyl (C=O) groups is 3. The van der Waals surface area contributed by atoms with Gasteiger partial charge in [0.15, 0.2) is 0 Å². The molecular weight excluding hydrogens is 490 g/mol. The van der Waals surface area contributed by atoms with Gasteiger partial charge in [-0.1, -0.05) is 39.3 Å². The van der Waals surface area contributed by atoms with E-state index in [-0.39, 0.29) is 40.5 Å². The molecule has 4 fully saturated rings. The van der Waals surface area contributed by atoms with E-state index in [1.165, 1.54) is 11.3 Å². The van der Waals surface area contributed by atoms with Gasteiger partial charge in [-0.05, 0) is 91.1 Å². The first-order chi connectivity index (χ1) is 17.1. The van der Waals surface area contributed by atoms with Crippen molar-refractivity contribution in [2.24, 2.45) is 46.3 Å². The Morgan fingerprint density at radius 2 is 1.86 bits per heavy atom. The molecule has 0 aliphatic heterocycles. The molecule has 6 heteroatoms. The Morgan fingerprint density at radius 3 is 2.56 bits per heavy atom. The van der Waals surface area contributed by atoms with Crippen LogP contribution in [0.3, 0.4) is 0 Å². The van der Waals surface area contributed by atoms with Gasteiger partial charge in [0.05, 0.1) is 10.4 Å². The van der Waals surface area contributed by atoms with Crippen molar-refractivity contribution in [3.8, 4) is 0 Å². The number of hydrogen-bond donors (Lipinski definition) is 1. The lowest BCUT2D eigenvalue weighted by Crippen LogP contribution is -2.57. The topological polar surface area (TPSA) is 63.2 Å². The molecular formula is C30H42ClNO3S. The average molecular weight is 532 g/mol. The quantitative estimate of drug-likeness (QED) is 0.416. The summed E-state index contributed by atoms with van der Waals surface area (Å²) in [7, 11) is 0. The summed E-state index contributed by atoms with van der Waals surface area (Å²) in [5, 5.41) is 3.26. The van der Waals surface area contributed by atoms with Crippen LogP contribution in [0.25, 0.3) is 0 Å². The number of rotatable bonds is 6. The van der Waals surface area contributed by atoms with Crippen LogP contribution in [0.15, 0.2) is 12.1 Å². The largest absolute Gasteiger partial charge is 0.348 e.